The lowest BCUT2D eigenvalue weighted by Gasteiger charge is -2.32. The first-order valence-electron chi connectivity index (χ1n) is 7.19. The second-order valence-corrected chi connectivity index (χ2v) is 7.10. The Balaban J connectivity index is 1.81. The lowest BCUT2D eigenvalue weighted by atomic mass is 9.81. The summed E-state index contributed by atoms with van der Waals surface area (Å²) < 4.78 is 0. The van der Waals surface area contributed by atoms with Gasteiger partial charge in [0.2, 0.25) is 0 Å². The average molecular weight is 286 g/mol. The average Bonchev–Trinajstić information content (AvgIpc) is 2.94. The van der Waals surface area contributed by atoms with E-state index in [1.54, 1.807) is 6.20 Å². The third kappa shape index (κ3) is 1.64. The highest BCUT2D eigenvalue weighted by Crippen LogP contribution is 2.53. The number of hydrogen-bond donors (Lipinski definition) is 2. The van der Waals surface area contributed by atoms with Crippen LogP contribution >= 0.6 is 11.3 Å². The van der Waals surface area contributed by atoms with E-state index < -0.39 is 5.60 Å². The first-order valence-corrected chi connectivity index (χ1v) is 8.00. The number of benzene rings is 1. The molecule has 2 bridgehead atoms. The zero-order valence-corrected chi connectivity index (χ0v) is 12.1. The molecule has 1 fully saturated rings. The fraction of sp³-hybridized carbons (Fsp3) is 0.438. The number of aliphatic hydroxyl groups is 1. The van der Waals surface area contributed by atoms with Crippen LogP contribution < -0.4 is 5.73 Å². The molecule has 0 aliphatic heterocycles. The maximum atomic E-state index is 11.4. The van der Waals surface area contributed by atoms with Crippen LogP contribution in [0.25, 0.3) is 0 Å². The van der Waals surface area contributed by atoms with E-state index in [0.717, 1.165) is 30.6 Å². The van der Waals surface area contributed by atoms with Gasteiger partial charge in [0.25, 0.3) is 0 Å². The maximum absolute atomic E-state index is 11.4. The van der Waals surface area contributed by atoms with E-state index >= 15 is 0 Å². The molecule has 1 aromatic carbocycles. The Bertz CT molecular complexity index is 618. The fourth-order valence-electron chi connectivity index (χ4n) is 4.05. The second-order valence-electron chi connectivity index (χ2n) is 6.04. The number of nitrogen functional groups attached to an aromatic ring is 1. The van der Waals surface area contributed by atoms with Crippen molar-refractivity contribution >= 4 is 16.5 Å². The van der Waals surface area contributed by atoms with Gasteiger partial charge in [-0.3, -0.25) is 0 Å². The van der Waals surface area contributed by atoms with Gasteiger partial charge in [-0.2, -0.15) is 0 Å². The molecular weight excluding hydrogens is 268 g/mol. The Labute approximate surface area is 122 Å². The molecule has 2 aliphatic carbocycles. The molecule has 104 valence electrons. The van der Waals surface area contributed by atoms with Crippen LogP contribution in [-0.4, -0.2) is 10.1 Å². The van der Waals surface area contributed by atoms with Crippen molar-refractivity contribution < 1.29 is 5.11 Å². The Morgan fingerprint density at radius 2 is 1.75 bits per heavy atom. The predicted molar refractivity (Wildman–Crippen MR) is 80.5 cm³/mol. The van der Waals surface area contributed by atoms with Crippen molar-refractivity contribution in [3.05, 3.63) is 46.5 Å². The van der Waals surface area contributed by atoms with Crippen molar-refractivity contribution in [3.63, 3.8) is 0 Å². The fourth-order valence-corrected chi connectivity index (χ4v) is 4.99. The molecule has 2 aromatic rings. The number of nitrogens with two attached hydrogens (primary N) is 1. The first kappa shape index (κ1) is 12.4. The summed E-state index contributed by atoms with van der Waals surface area (Å²) >= 11 is 1.45. The standard InChI is InChI=1S/C16H18N2OS/c17-15-18-9-14(20-15)16(19)12-5-6-13(16)8-11-4-2-1-3-10(11)7-12/h1-4,9,12-13,19H,5-8H2,(H2,17,18). The molecule has 1 saturated carbocycles. The summed E-state index contributed by atoms with van der Waals surface area (Å²) in [6.07, 6.45) is 5.88. The summed E-state index contributed by atoms with van der Waals surface area (Å²) in [5.41, 5.74) is 7.83. The van der Waals surface area contributed by atoms with Crippen molar-refractivity contribution in [2.45, 2.75) is 31.3 Å². The summed E-state index contributed by atoms with van der Waals surface area (Å²) in [5.74, 6) is 0.576. The van der Waals surface area contributed by atoms with Crippen molar-refractivity contribution in [2.24, 2.45) is 11.8 Å². The number of nitrogens with zero attached hydrogens (tertiary/aromatic N) is 1. The van der Waals surface area contributed by atoms with Gasteiger partial charge >= 0.3 is 0 Å². The van der Waals surface area contributed by atoms with Gasteiger partial charge in [-0.05, 0) is 48.6 Å². The van der Waals surface area contributed by atoms with Crippen LogP contribution in [0.4, 0.5) is 5.13 Å². The smallest absolute Gasteiger partial charge is 0.180 e. The monoisotopic (exact) mass is 286 g/mol. The summed E-state index contributed by atoms with van der Waals surface area (Å²) in [6.45, 7) is 0. The van der Waals surface area contributed by atoms with Crippen molar-refractivity contribution in [3.8, 4) is 0 Å². The minimum absolute atomic E-state index is 0.288. The third-order valence-electron chi connectivity index (χ3n) is 5.08. The van der Waals surface area contributed by atoms with Gasteiger partial charge < -0.3 is 10.8 Å². The molecule has 20 heavy (non-hydrogen) atoms. The zero-order chi connectivity index (χ0) is 13.7. The number of fused-ring (bicyclic) bond motifs is 3. The second kappa shape index (κ2) is 4.30. The Morgan fingerprint density at radius 1 is 1.15 bits per heavy atom. The molecule has 3 N–H and O–H groups in total. The highest BCUT2D eigenvalue weighted by Gasteiger charge is 2.52. The van der Waals surface area contributed by atoms with Crippen molar-refractivity contribution in [1.29, 1.82) is 0 Å². The minimum Gasteiger partial charge on any atom is -0.384 e. The van der Waals surface area contributed by atoms with Crippen LogP contribution in [0.1, 0.15) is 28.8 Å². The van der Waals surface area contributed by atoms with Gasteiger partial charge in [0.05, 0.1) is 4.88 Å². The summed E-state index contributed by atoms with van der Waals surface area (Å²) in [5, 5.41) is 12.0. The molecule has 0 spiro atoms. The minimum atomic E-state index is -0.742. The molecule has 1 heterocycles. The van der Waals surface area contributed by atoms with Crippen LogP contribution in [0, 0.1) is 11.8 Å². The molecular formula is C16H18N2OS. The highest BCUT2D eigenvalue weighted by molar-refractivity contribution is 7.15. The van der Waals surface area contributed by atoms with Gasteiger partial charge in [0.1, 0.15) is 5.60 Å². The SMILES string of the molecule is Nc1ncc(C2(O)C3CCC2Cc2ccccc2C3)s1. The molecule has 1 aromatic heterocycles. The van der Waals surface area contributed by atoms with E-state index in [-0.39, 0.29) is 11.8 Å². The van der Waals surface area contributed by atoms with Gasteiger partial charge in [-0.25, -0.2) is 4.98 Å². The number of hydrogen-bond acceptors (Lipinski definition) is 4. The molecule has 4 heteroatoms. The van der Waals surface area contributed by atoms with Gasteiger partial charge in [-0.1, -0.05) is 35.6 Å². The third-order valence-corrected chi connectivity index (χ3v) is 6.04. The lowest BCUT2D eigenvalue weighted by Crippen LogP contribution is -2.36. The summed E-state index contributed by atoms with van der Waals surface area (Å²) in [7, 11) is 0. The molecule has 2 aliphatic rings. The molecule has 0 saturated heterocycles. The van der Waals surface area contributed by atoms with E-state index in [9.17, 15) is 5.11 Å². The zero-order valence-electron chi connectivity index (χ0n) is 11.2. The van der Waals surface area contributed by atoms with Crippen LogP contribution in [0.2, 0.25) is 0 Å². The number of thiazole rings is 1. The van der Waals surface area contributed by atoms with Crippen LogP contribution in [0.15, 0.2) is 30.5 Å². The normalized spacial score (nSPS) is 31.9. The molecule has 3 nitrogen and oxygen atoms in total. The Kier molecular flexibility index (Phi) is 2.66. The topological polar surface area (TPSA) is 59.1 Å². The largest absolute Gasteiger partial charge is 0.384 e. The van der Waals surface area contributed by atoms with Gasteiger partial charge in [0, 0.05) is 6.20 Å². The van der Waals surface area contributed by atoms with E-state index in [0.29, 0.717) is 5.13 Å². The van der Waals surface area contributed by atoms with Crippen LogP contribution in [0.3, 0.4) is 0 Å². The molecule has 4 rings (SSSR count). The Morgan fingerprint density at radius 3 is 2.25 bits per heavy atom. The van der Waals surface area contributed by atoms with E-state index in [1.807, 2.05) is 0 Å². The van der Waals surface area contributed by atoms with Crippen LogP contribution in [0.5, 0.6) is 0 Å². The predicted octanol–water partition coefficient (Wildman–Crippen LogP) is 2.74. The van der Waals surface area contributed by atoms with E-state index in [1.165, 1.54) is 22.5 Å². The van der Waals surface area contributed by atoms with Crippen molar-refractivity contribution in [2.75, 3.05) is 5.73 Å². The number of anilines is 1. The first-order chi connectivity index (χ1) is 9.68. The summed E-state index contributed by atoms with van der Waals surface area (Å²) in [6, 6.07) is 8.61. The van der Waals surface area contributed by atoms with E-state index in [4.69, 9.17) is 5.73 Å². The van der Waals surface area contributed by atoms with Crippen molar-refractivity contribution in [1.82, 2.24) is 4.98 Å². The maximum Gasteiger partial charge on any atom is 0.180 e. The van der Waals surface area contributed by atoms with Gasteiger partial charge in [-0.15, -0.1) is 0 Å². The van der Waals surface area contributed by atoms with Gasteiger partial charge in [0.15, 0.2) is 5.13 Å². The molecule has 2 unspecified atom stereocenters. The van der Waals surface area contributed by atoms with Crippen LogP contribution in [-0.2, 0) is 18.4 Å². The number of rotatable bonds is 1. The quantitative estimate of drug-likeness (QED) is 0.847. The lowest BCUT2D eigenvalue weighted by molar-refractivity contribution is -0.0363. The highest BCUT2D eigenvalue weighted by atomic mass is 32.1. The molecule has 0 amide bonds. The molecule has 0 radical (unpaired) electrons. The summed E-state index contributed by atoms with van der Waals surface area (Å²) in [4.78, 5) is 5.10. The Hall–Kier alpha value is -1.39. The number of aromatic nitrogens is 1. The van der Waals surface area contributed by atoms with E-state index in [2.05, 4.69) is 29.2 Å². The molecule has 2 atom stereocenters.